The van der Waals surface area contributed by atoms with Crippen LogP contribution >= 0.6 is 0 Å². The lowest BCUT2D eigenvalue weighted by Crippen LogP contribution is -2.44. The lowest BCUT2D eigenvalue weighted by molar-refractivity contribution is -0.384. The molecule has 0 heterocycles. The van der Waals surface area contributed by atoms with Gasteiger partial charge in [0.25, 0.3) is 5.69 Å². The molecule has 3 N–H and O–H groups in total. The van der Waals surface area contributed by atoms with Crippen LogP contribution in [0.3, 0.4) is 0 Å². The van der Waals surface area contributed by atoms with Gasteiger partial charge in [-0.3, -0.25) is 10.1 Å². The zero-order chi connectivity index (χ0) is 11.7. The molecule has 0 amide bonds. The smallest absolute Gasteiger partial charge is 0.292 e. The summed E-state index contributed by atoms with van der Waals surface area (Å²) in [5.41, 5.74) is 5.72. The predicted molar refractivity (Wildman–Crippen MR) is 57.7 cm³/mol. The first-order valence-electron chi connectivity index (χ1n) is 5.02. The molecule has 0 radical (unpaired) electrons. The van der Waals surface area contributed by atoms with Crippen LogP contribution in [-0.4, -0.2) is 17.0 Å². The number of hydrogen-bond donors (Lipinski definition) is 2. The van der Waals surface area contributed by atoms with Crippen LogP contribution in [-0.2, 0) is 0 Å². The van der Waals surface area contributed by atoms with E-state index in [1.54, 1.807) is 0 Å². The first kappa shape index (κ1) is 10.8. The average Bonchev–Trinajstić information content (AvgIpc) is 2.15. The van der Waals surface area contributed by atoms with Crippen LogP contribution in [0, 0.1) is 15.9 Å². The first-order chi connectivity index (χ1) is 7.56. The SMILES string of the molecule is NC1CC(Nc2cc(F)ccc2[N+](=O)[O-])C1. The van der Waals surface area contributed by atoms with E-state index >= 15 is 0 Å². The summed E-state index contributed by atoms with van der Waals surface area (Å²) in [6.45, 7) is 0. The number of hydrogen-bond acceptors (Lipinski definition) is 4. The molecule has 0 saturated heterocycles. The number of rotatable bonds is 3. The van der Waals surface area contributed by atoms with Gasteiger partial charge in [-0.05, 0) is 18.9 Å². The Morgan fingerprint density at radius 3 is 2.75 bits per heavy atom. The van der Waals surface area contributed by atoms with Crippen LogP contribution in [0.2, 0.25) is 0 Å². The Balaban J connectivity index is 2.17. The van der Waals surface area contributed by atoms with Gasteiger partial charge in [-0.2, -0.15) is 0 Å². The molecule has 1 aromatic carbocycles. The molecule has 86 valence electrons. The highest BCUT2D eigenvalue weighted by Crippen LogP contribution is 2.29. The van der Waals surface area contributed by atoms with Crippen LogP contribution < -0.4 is 11.1 Å². The van der Waals surface area contributed by atoms with E-state index in [2.05, 4.69) is 5.32 Å². The minimum absolute atomic E-state index is 0.107. The second kappa shape index (κ2) is 4.05. The molecule has 0 spiro atoms. The van der Waals surface area contributed by atoms with Gasteiger partial charge in [-0.15, -0.1) is 0 Å². The fourth-order valence-corrected chi connectivity index (χ4v) is 1.78. The molecule has 16 heavy (non-hydrogen) atoms. The van der Waals surface area contributed by atoms with Gasteiger partial charge >= 0.3 is 0 Å². The Hall–Kier alpha value is -1.69. The highest BCUT2D eigenvalue weighted by molar-refractivity contribution is 5.62. The van der Waals surface area contributed by atoms with Gasteiger partial charge in [-0.25, -0.2) is 4.39 Å². The van der Waals surface area contributed by atoms with Crippen LogP contribution in [0.15, 0.2) is 18.2 Å². The summed E-state index contributed by atoms with van der Waals surface area (Å²) in [5.74, 6) is -0.489. The number of nitro benzene ring substituents is 1. The Morgan fingerprint density at radius 2 is 2.19 bits per heavy atom. The fourth-order valence-electron chi connectivity index (χ4n) is 1.78. The highest BCUT2D eigenvalue weighted by Gasteiger charge is 2.27. The Labute approximate surface area is 91.6 Å². The largest absolute Gasteiger partial charge is 0.377 e. The lowest BCUT2D eigenvalue weighted by atomic mass is 9.87. The molecule has 1 aliphatic carbocycles. The summed E-state index contributed by atoms with van der Waals surface area (Å²) in [6, 6.07) is 3.63. The molecular formula is C10H12FN3O2. The van der Waals surface area contributed by atoms with Crippen molar-refractivity contribution >= 4 is 11.4 Å². The Bertz CT molecular complexity index is 419. The third kappa shape index (κ3) is 2.11. The van der Waals surface area contributed by atoms with Crippen LogP contribution in [0.4, 0.5) is 15.8 Å². The molecule has 1 aliphatic rings. The Morgan fingerprint density at radius 1 is 1.50 bits per heavy atom. The van der Waals surface area contributed by atoms with Crippen molar-refractivity contribution in [3.63, 3.8) is 0 Å². The van der Waals surface area contributed by atoms with Crippen molar-refractivity contribution in [2.75, 3.05) is 5.32 Å². The van der Waals surface area contributed by atoms with E-state index in [4.69, 9.17) is 5.73 Å². The number of nitrogens with two attached hydrogens (primary N) is 1. The summed E-state index contributed by atoms with van der Waals surface area (Å²) in [7, 11) is 0. The normalized spacial score (nSPS) is 23.6. The standard InChI is InChI=1S/C10H12FN3O2/c11-6-1-2-10(14(15)16)9(3-6)13-8-4-7(12)5-8/h1-3,7-8,13H,4-5,12H2. The molecule has 1 saturated carbocycles. The van der Waals surface area contributed by atoms with Crippen LogP contribution in [0.1, 0.15) is 12.8 Å². The first-order valence-corrected chi connectivity index (χ1v) is 5.02. The van der Waals surface area contributed by atoms with E-state index in [-0.39, 0.29) is 23.5 Å². The molecule has 1 aromatic rings. The highest BCUT2D eigenvalue weighted by atomic mass is 19.1. The number of halogens is 1. The maximum absolute atomic E-state index is 13.0. The maximum Gasteiger partial charge on any atom is 0.292 e. The molecule has 0 aliphatic heterocycles. The molecule has 5 nitrogen and oxygen atoms in total. The van der Waals surface area contributed by atoms with Gasteiger partial charge < -0.3 is 11.1 Å². The number of benzene rings is 1. The minimum Gasteiger partial charge on any atom is -0.377 e. The second-order valence-electron chi connectivity index (χ2n) is 3.99. The average molecular weight is 225 g/mol. The molecular weight excluding hydrogens is 213 g/mol. The van der Waals surface area contributed by atoms with Crippen molar-refractivity contribution in [1.29, 1.82) is 0 Å². The molecule has 6 heteroatoms. The molecule has 2 rings (SSSR count). The van der Waals surface area contributed by atoms with E-state index < -0.39 is 10.7 Å². The van der Waals surface area contributed by atoms with Crippen LogP contribution in [0.25, 0.3) is 0 Å². The zero-order valence-corrected chi connectivity index (χ0v) is 8.52. The molecule has 0 bridgehead atoms. The van der Waals surface area contributed by atoms with Crippen molar-refractivity contribution in [1.82, 2.24) is 0 Å². The van der Waals surface area contributed by atoms with Gasteiger partial charge in [0.2, 0.25) is 0 Å². The van der Waals surface area contributed by atoms with Gasteiger partial charge in [-0.1, -0.05) is 0 Å². The number of nitrogens with one attached hydrogen (secondary N) is 1. The molecule has 0 unspecified atom stereocenters. The third-order valence-corrected chi connectivity index (χ3v) is 2.69. The summed E-state index contributed by atoms with van der Waals surface area (Å²) in [6.07, 6.45) is 1.52. The van der Waals surface area contributed by atoms with Crippen molar-refractivity contribution in [2.45, 2.75) is 24.9 Å². The van der Waals surface area contributed by atoms with Crippen molar-refractivity contribution in [3.05, 3.63) is 34.1 Å². The zero-order valence-electron chi connectivity index (χ0n) is 8.52. The van der Waals surface area contributed by atoms with Gasteiger partial charge in [0.15, 0.2) is 0 Å². The van der Waals surface area contributed by atoms with Gasteiger partial charge in [0, 0.05) is 24.2 Å². The number of nitro groups is 1. The van der Waals surface area contributed by atoms with E-state index in [1.165, 1.54) is 0 Å². The van der Waals surface area contributed by atoms with E-state index in [0.29, 0.717) is 0 Å². The molecule has 0 aromatic heterocycles. The fraction of sp³-hybridized carbons (Fsp3) is 0.400. The summed E-state index contributed by atoms with van der Waals surface area (Å²) in [4.78, 5) is 10.2. The summed E-state index contributed by atoms with van der Waals surface area (Å²) < 4.78 is 13.0. The van der Waals surface area contributed by atoms with Crippen molar-refractivity contribution in [2.24, 2.45) is 5.73 Å². The summed E-state index contributed by atoms with van der Waals surface area (Å²) in [5, 5.41) is 13.6. The van der Waals surface area contributed by atoms with E-state index in [1.807, 2.05) is 0 Å². The van der Waals surface area contributed by atoms with E-state index in [9.17, 15) is 14.5 Å². The number of anilines is 1. The molecule has 0 atom stereocenters. The molecule has 1 fully saturated rings. The van der Waals surface area contributed by atoms with Crippen LogP contribution in [0.5, 0.6) is 0 Å². The lowest BCUT2D eigenvalue weighted by Gasteiger charge is -2.33. The van der Waals surface area contributed by atoms with E-state index in [0.717, 1.165) is 31.0 Å². The van der Waals surface area contributed by atoms with Gasteiger partial charge in [0.05, 0.1) is 4.92 Å². The topological polar surface area (TPSA) is 81.2 Å². The van der Waals surface area contributed by atoms with Gasteiger partial charge in [0.1, 0.15) is 11.5 Å². The predicted octanol–water partition coefficient (Wildman–Crippen LogP) is 1.64. The summed E-state index contributed by atoms with van der Waals surface area (Å²) >= 11 is 0. The Kier molecular flexibility index (Phi) is 2.74. The monoisotopic (exact) mass is 225 g/mol. The second-order valence-corrected chi connectivity index (χ2v) is 3.99. The van der Waals surface area contributed by atoms with Crippen molar-refractivity contribution in [3.8, 4) is 0 Å². The third-order valence-electron chi connectivity index (χ3n) is 2.69. The number of nitrogens with zero attached hydrogens (tertiary/aromatic N) is 1. The minimum atomic E-state index is -0.527. The maximum atomic E-state index is 13.0. The van der Waals surface area contributed by atoms with Crippen molar-refractivity contribution < 1.29 is 9.31 Å². The quantitative estimate of drug-likeness (QED) is 0.605.